The van der Waals surface area contributed by atoms with Crippen LogP contribution in [0.15, 0.2) is 54.6 Å². The average Bonchev–Trinajstić information content (AvgIpc) is 2.41. The molecule has 0 bridgehead atoms. The standard InChI is InChI=1S/C16H16O3/c17-15-8-6-13(7-9-15)11-14(16(18)19)10-12-4-2-1-3-5-12/h1-9,14,17H,10-11H2,(H,18,19). The fourth-order valence-corrected chi connectivity index (χ4v) is 2.06. The van der Waals surface area contributed by atoms with Gasteiger partial charge in [0.25, 0.3) is 0 Å². The maximum atomic E-state index is 11.3. The summed E-state index contributed by atoms with van der Waals surface area (Å²) in [6.07, 6.45) is 0.974. The van der Waals surface area contributed by atoms with E-state index in [1.165, 1.54) is 0 Å². The first-order chi connectivity index (χ1) is 9.15. The summed E-state index contributed by atoms with van der Waals surface area (Å²) in [7, 11) is 0. The summed E-state index contributed by atoms with van der Waals surface area (Å²) >= 11 is 0. The molecule has 19 heavy (non-hydrogen) atoms. The van der Waals surface area contributed by atoms with E-state index < -0.39 is 11.9 Å². The van der Waals surface area contributed by atoms with E-state index in [4.69, 9.17) is 0 Å². The largest absolute Gasteiger partial charge is 0.508 e. The molecule has 2 N–H and O–H groups in total. The highest BCUT2D eigenvalue weighted by atomic mass is 16.4. The number of carbonyl (C=O) groups is 1. The van der Waals surface area contributed by atoms with Gasteiger partial charge in [-0.15, -0.1) is 0 Å². The van der Waals surface area contributed by atoms with Gasteiger partial charge >= 0.3 is 5.97 Å². The second kappa shape index (κ2) is 6.05. The molecule has 1 unspecified atom stereocenters. The van der Waals surface area contributed by atoms with E-state index in [0.29, 0.717) is 12.8 Å². The van der Waals surface area contributed by atoms with Crippen LogP contribution in [0.1, 0.15) is 11.1 Å². The van der Waals surface area contributed by atoms with E-state index in [0.717, 1.165) is 11.1 Å². The number of hydrogen-bond acceptors (Lipinski definition) is 2. The third kappa shape index (κ3) is 3.85. The van der Waals surface area contributed by atoms with Gasteiger partial charge in [-0.1, -0.05) is 42.5 Å². The molecule has 2 aromatic carbocycles. The van der Waals surface area contributed by atoms with Gasteiger partial charge in [-0.25, -0.2) is 0 Å². The fraction of sp³-hybridized carbons (Fsp3) is 0.188. The molecule has 98 valence electrons. The van der Waals surface area contributed by atoms with Crippen LogP contribution in [0.25, 0.3) is 0 Å². The number of phenolic OH excluding ortho intramolecular Hbond substituents is 1. The fourth-order valence-electron chi connectivity index (χ4n) is 2.06. The van der Waals surface area contributed by atoms with E-state index in [2.05, 4.69) is 0 Å². The molecule has 3 heteroatoms. The molecule has 0 amide bonds. The van der Waals surface area contributed by atoms with Crippen molar-refractivity contribution >= 4 is 5.97 Å². The summed E-state index contributed by atoms with van der Waals surface area (Å²) in [6, 6.07) is 16.3. The maximum absolute atomic E-state index is 11.3. The zero-order chi connectivity index (χ0) is 13.7. The molecule has 0 spiro atoms. The highest BCUT2D eigenvalue weighted by Gasteiger charge is 2.18. The van der Waals surface area contributed by atoms with Crippen LogP contribution in [-0.4, -0.2) is 16.2 Å². The summed E-state index contributed by atoms with van der Waals surface area (Å²) in [6.45, 7) is 0. The monoisotopic (exact) mass is 256 g/mol. The van der Waals surface area contributed by atoms with Gasteiger partial charge in [0.2, 0.25) is 0 Å². The zero-order valence-electron chi connectivity index (χ0n) is 10.5. The van der Waals surface area contributed by atoms with E-state index in [1.54, 1.807) is 24.3 Å². The van der Waals surface area contributed by atoms with Crippen LogP contribution in [0.3, 0.4) is 0 Å². The highest BCUT2D eigenvalue weighted by molar-refractivity contribution is 5.70. The van der Waals surface area contributed by atoms with Crippen molar-refractivity contribution in [1.82, 2.24) is 0 Å². The molecule has 3 nitrogen and oxygen atoms in total. The van der Waals surface area contributed by atoms with Crippen LogP contribution < -0.4 is 0 Å². The second-order valence-electron chi connectivity index (χ2n) is 4.60. The number of hydrogen-bond donors (Lipinski definition) is 2. The first-order valence-electron chi connectivity index (χ1n) is 6.20. The summed E-state index contributed by atoms with van der Waals surface area (Å²) in [4.78, 5) is 11.3. The van der Waals surface area contributed by atoms with Gasteiger partial charge in [0.05, 0.1) is 5.92 Å². The van der Waals surface area contributed by atoms with Crippen molar-refractivity contribution in [1.29, 1.82) is 0 Å². The van der Waals surface area contributed by atoms with Crippen LogP contribution in [0, 0.1) is 5.92 Å². The lowest BCUT2D eigenvalue weighted by Crippen LogP contribution is -2.19. The molecular weight excluding hydrogens is 240 g/mol. The molecule has 0 aliphatic carbocycles. The Kier molecular flexibility index (Phi) is 4.18. The Morgan fingerprint density at radius 2 is 1.42 bits per heavy atom. The number of rotatable bonds is 5. The van der Waals surface area contributed by atoms with Crippen molar-refractivity contribution in [3.8, 4) is 5.75 Å². The molecule has 0 heterocycles. The highest BCUT2D eigenvalue weighted by Crippen LogP contribution is 2.17. The lowest BCUT2D eigenvalue weighted by Gasteiger charge is -2.12. The van der Waals surface area contributed by atoms with Crippen LogP contribution in [-0.2, 0) is 17.6 Å². The Balaban J connectivity index is 2.08. The van der Waals surface area contributed by atoms with E-state index in [9.17, 15) is 15.0 Å². The van der Waals surface area contributed by atoms with Crippen LogP contribution in [0.4, 0.5) is 0 Å². The molecule has 1 atom stereocenters. The Hall–Kier alpha value is -2.29. The van der Waals surface area contributed by atoms with Gasteiger partial charge in [-0.2, -0.15) is 0 Å². The Morgan fingerprint density at radius 3 is 1.95 bits per heavy atom. The molecule has 0 aromatic heterocycles. The van der Waals surface area contributed by atoms with Crippen molar-refractivity contribution in [2.75, 3.05) is 0 Å². The van der Waals surface area contributed by atoms with Crippen molar-refractivity contribution in [3.05, 3.63) is 65.7 Å². The van der Waals surface area contributed by atoms with Crippen molar-refractivity contribution < 1.29 is 15.0 Å². The van der Waals surface area contributed by atoms with Gasteiger partial charge in [-0.05, 0) is 36.1 Å². The van der Waals surface area contributed by atoms with Crippen LogP contribution in [0.2, 0.25) is 0 Å². The SMILES string of the molecule is O=C(O)C(Cc1ccccc1)Cc1ccc(O)cc1. The van der Waals surface area contributed by atoms with Gasteiger partial charge < -0.3 is 10.2 Å². The first kappa shape index (κ1) is 13.1. The minimum Gasteiger partial charge on any atom is -0.508 e. The number of carboxylic acid groups (broad SMARTS) is 1. The second-order valence-corrected chi connectivity index (χ2v) is 4.60. The van der Waals surface area contributed by atoms with E-state index in [-0.39, 0.29) is 5.75 Å². The van der Waals surface area contributed by atoms with E-state index >= 15 is 0 Å². The lowest BCUT2D eigenvalue weighted by molar-refractivity contribution is -0.141. The summed E-state index contributed by atoms with van der Waals surface area (Å²) in [5.41, 5.74) is 1.94. The number of aromatic hydroxyl groups is 1. The number of benzene rings is 2. The molecule has 0 aliphatic heterocycles. The summed E-state index contributed by atoms with van der Waals surface area (Å²) in [5, 5.41) is 18.5. The number of phenols is 1. The number of aliphatic carboxylic acids is 1. The van der Waals surface area contributed by atoms with Gasteiger partial charge in [0, 0.05) is 0 Å². The topological polar surface area (TPSA) is 57.5 Å². The Bertz CT molecular complexity index is 532. The van der Waals surface area contributed by atoms with Crippen LogP contribution >= 0.6 is 0 Å². The molecular formula is C16H16O3. The molecule has 2 rings (SSSR count). The Morgan fingerprint density at radius 1 is 0.895 bits per heavy atom. The summed E-state index contributed by atoms with van der Waals surface area (Å²) in [5.74, 6) is -1.05. The minimum atomic E-state index is -0.795. The average molecular weight is 256 g/mol. The van der Waals surface area contributed by atoms with Gasteiger partial charge in [0.15, 0.2) is 0 Å². The quantitative estimate of drug-likeness (QED) is 0.864. The van der Waals surface area contributed by atoms with Crippen LogP contribution in [0.5, 0.6) is 5.75 Å². The smallest absolute Gasteiger partial charge is 0.307 e. The maximum Gasteiger partial charge on any atom is 0.307 e. The third-order valence-electron chi connectivity index (χ3n) is 3.09. The predicted molar refractivity (Wildman–Crippen MR) is 73.1 cm³/mol. The predicted octanol–water partition coefficient (Wildman–Crippen LogP) is 2.88. The molecule has 0 saturated heterocycles. The van der Waals surface area contributed by atoms with Crippen molar-refractivity contribution in [2.45, 2.75) is 12.8 Å². The molecule has 0 aliphatic rings. The van der Waals surface area contributed by atoms with Crippen molar-refractivity contribution in [3.63, 3.8) is 0 Å². The Labute approximate surface area is 112 Å². The lowest BCUT2D eigenvalue weighted by atomic mass is 9.93. The number of carboxylic acids is 1. The van der Waals surface area contributed by atoms with Gasteiger partial charge in [0.1, 0.15) is 5.75 Å². The molecule has 0 saturated carbocycles. The normalized spacial score (nSPS) is 12.0. The molecule has 0 radical (unpaired) electrons. The van der Waals surface area contributed by atoms with Gasteiger partial charge in [-0.3, -0.25) is 4.79 Å². The molecule has 0 fully saturated rings. The summed E-state index contributed by atoms with van der Waals surface area (Å²) < 4.78 is 0. The first-order valence-corrected chi connectivity index (χ1v) is 6.20. The minimum absolute atomic E-state index is 0.193. The third-order valence-corrected chi connectivity index (χ3v) is 3.09. The van der Waals surface area contributed by atoms with E-state index in [1.807, 2.05) is 30.3 Å². The zero-order valence-corrected chi connectivity index (χ0v) is 10.5. The molecule has 2 aromatic rings. The van der Waals surface area contributed by atoms with Crippen molar-refractivity contribution in [2.24, 2.45) is 5.92 Å².